The minimum Gasteiger partial charge on any atom is -0.680 e. The number of thiol groups is 2. The third kappa shape index (κ3) is 14.3. The van der Waals surface area contributed by atoms with Crippen LogP contribution < -0.4 is 10.6 Å². The second-order valence-electron chi connectivity index (χ2n) is 1.46. The Morgan fingerprint density at radius 2 is 1.27 bits per heavy atom. The van der Waals surface area contributed by atoms with E-state index in [1.807, 2.05) is 0 Å². The van der Waals surface area contributed by atoms with Crippen LogP contribution in [0.3, 0.4) is 0 Å². The number of hydrogen-bond acceptors (Lipinski definition) is 2. The Balaban J connectivity index is 0. The average Bonchev–Trinajstić information content (AvgIpc) is 1.79. The molecule has 0 aromatic carbocycles. The summed E-state index contributed by atoms with van der Waals surface area (Å²) >= 11 is 17.0. The van der Waals surface area contributed by atoms with Gasteiger partial charge in [-0.05, 0) is 0 Å². The fraction of sp³-hybridized carbons (Fsp3) is 0.500. The van der Waals surface area contributed by atoms with Crippen molar-refractivity contribution in [3.05, 3.63) is 0 Å². The van der Waals surface area contributed by atoms with Crippen LogP contribution in [-0.2, 0) is 69.2 Å². The van der Waals surface area contributed by atoms with E-state index in [2.05, 4.69) is 60.3 Å². The first-order valence-corrected chi connectivity index (χ1v) is 4.27. The van der Waals surface area contributed by atoms with E-state index in [0.717, 1.165) is 0 Å². The second-order valence-corrected chi connectivity index (χ2v) is 3.78. The molecule has 0 aliphatic heterocycles. The summed E-state index contributed by atoms with van der Waals surface area (Å²) in [6.45, 7) is 1.42. The Hall–Kier alpha value is 1.42. The smallest absolute Gasteiger partial charge is 0.680 e. The molecule has 58 valence electrons. The summed E-state index contributed by atoms with van der Waals surface area (Å²) in [6.07, 6.45) is 0. The normalized spacial score (nSPS) is 8.55. The van der Waals surface area contributed by atoms with Crippen LogP contribution in [0.5, 0.6) is 0 Å². The van der Waals surface area contributed by atoms with E-state index >= 15 is 0 Å². The van der Waals surface area contributed by atoms with Gasteiger partial charge in [-0.3, -0.25) is 10.6 Å². The molecule has 0 amide bonds. The van der Waals surface area contributed by atoms with Gasteiger partial charge in [0.25, 0.3) is 0 Å². The molecule has 0 radical (unpaired) electrons. The first-order chi connectivity index (χ1) is 4.63. The van der Waals surface area contributed by atoms with E-state index in [1.165, 1.54) is 0 Å². The molecule has 2 N–H and O–H groups in total. The van der Waals surface area contributed by atoms with Crippen LogP contribution in [0.15, 0.2) is 0 Å². The molecule has 0 heterocycles. The maximum Gasteiger partial charge on any atom is 2.00 e. The molecule has 0 saturated heterocycles. The minimum atomic E-state index is 0. The Bertz CT molecular complexity index is 124. The van der Waals surface area contributed by atoms with Gasteiger partial charge in [0.2, 0.25) is 0 Å². The van der Waals surface area contributed by atoms with Gasteiger partial charge in [0.1, 0.15) is 33.1 Å². The fourth-order valence-corrected chi connectivity index (χ4v) is 0.767. The zero-order valence-corrected chi connectivity index (χ0v) is 12.2. The molecule has 0 unspecified atom stereocenters. The van der Waals surface area contributed by atoms with E-state index in [0.29, 0.717) is 21.7 Å². The van der Waals surface area contributed by atoms with Gasteiger partial charge in [0, 0.05) is 13.1 Å². The molecule has 2 nitrogen and oxygen atoms in total. The molecule has 11 heavy (non-hydrogen) atoms. The molecule has 0 aliphatic carbocycles. The van der Waals surface area contributed by atoms with Gasteiger partial charge in [0.15, 0.2) is 0 Å². The molecule has 7 heteroatoms. The number of rotatable bonds is 3. The van der Waals surface area contributed by atoms with Crippen molar-refractivity contribution >= 4 is 58.3 Å². The van der Waals surface area contributed by atoms with E-state index < -0.39 is 0 Å². The molecule has 0 atom stereocenters. The van der Waals surface area contributed by atoms with E-state index in [1.54, 1.807) is 0 Å². The summed E-state index contributed by atoms with van der Waals surface area (Å²) in [5.41, 5.74) is 0. The summed E-state index contributed by atoms with van der Waals surface area (Å²) in [4.78, 5) is 0. The van der Waals surface area contributed by atoms with Crippen LogP contribution in [0.1, 0.15) is 0 Å². The van der Waals surface area contributed by atoms with Crippen LogP contribution in [0.2, 0.25) is 0 Å². The van der Waals surface area contributed by atoms with Crippen LogP contribution in [-0.4, -0.2) is 21.7 Å². The molecule has 0 rings (SSSR count). The summed E-state index contributed by atoms with van der Waals surface area (Å²) in [5.74, 6) is 0. The van der Waals surface area contributed by atoms with Gasteiger partial charge in [0.05, 0.1) is 0 Å². The van der Waals surface area contributed by atoms with E-state index in [-0.39, 0.29) is 19.5 Å². The minimum absolute atomic E-state index is 0. The van der Waals surface area contributed by atoms with Crippen molar-refractivity contribution in [1.82, 2.24) is 10.6 Å². The van der Waals surface area contributed by atoms with Crippen LogP contribution in [0.4, 0.5) is 0 Å². The van der Waals surface area contributed by atoms with Gasteiger partial charge in [-0.15, -0.1) is 0 Å². The SMILES string of the molecule is [S-]C(=[SH+])NCCNC([S-])=[SH+].[Zn+2]. The van der Waals surface area contributed by atoms with E-state index in [9.17, 15) is 0 Å². The molecular weight excluding hydrogens is 270 g/mol. The van der Waals surface area contributed by atoms with Crippen molar-refractivity contribution in [2.75, 3.05) is 13.1 Å². The molecule has 0 bridgehead atoms. The van der Waals surface area contributed by atoms with Gasteiger partial charge in [-0.2, -0.15) is 0 Å². The zero-order valence-electron chi connectivity index (χ0n) is 5.83. The average molecular weight is 278 g/mol. The van der Waals surface area contributed by atoms with Gasteiger partial charge in [-0.25, -0.2) is 0 Å². The molecule has 0 aliphatic rings. The zero-order chi connectivity index (χ0) is 7.98. The van der Waals surface area contributed by atoms with Gasteiger partial charge in [-0.1, -0.05) is 0 Å². The van der Waals surface area contributed by atoms with Crippen molar-refractivity contribution in [2.45, 2.75) is 0 Å². The number of nitrogens with one attached hydrogen (secondary N) is 2. The molecule has 0 aromatic rings. The van der Waals surface area contributed by atoms with Gasteiger partial charge < -0.3 is 25.3 Å². The van der Waals surface area contributed by atoms with Crippen molar-refractivity contribution in [3.8, 4) is 0 Å². The Morgan fingerprint density at radius 1 is 1.00 bits per heavy atom. The van der Waals surface area contributed by atoms with Crippen LogP contribution in [0, 0.1) is 0 Å². The van der Waals surface area contributed by atoms with Gasteiger partial charge >= 0.3 is 19.5 Å². The Labute approximate surface area is 101 Å². The first kappa shape index (κ1) is 14.9. The maximum absolute atomic E-state index is 4.65. The third-order valence-corrected chi connectivity index (χ3v) is 1.28. The Kier molecular flexibility index (Phi) is 12.9. The third-order valence-electron chi connectivity index (χ3n) is 0.677. The monoisotopic (exact) mass is 276 g/mol. The Morgan fingerprint density at radius 3 is 1.45 bits per heavy atom. The van der Waals surface area contributed by atoms with Crippen molar-refractivity contribution < 1.29 is 19.5 Å². The standard InChI is InChI=1S/C4H8N2S4.Zn/c7-3(8)5-1-2-6-4(9)10;/h1-2H2,(H2,5,7,8)(H2,6,9,10);/q;+2. The topological polar surface area (TPSA) is 24.1 Å². The largest absolute Gasteiger partial charge is 2.00 e. The number of hydrogen-bond donors (Lipinski definition) is 2. The molecular formula is C4H8N2S4Zn+2. The van der Waals surface area contributed by atoms with Crippen LogP contribution >= 0.6 is 0 Å². The van der Waals surface area contributed by atoms with Crippen molar-refractivity contribution in [3.63, 3.8) is 0 Å². The summed E-state index contributed by atoms with van der Waals surface area (Å²) in [7, 11) is 0. The van der Waals surface area contributed by atoms with Crippen molar-refractivity contribution in [1.29, 1.82) is 0 Å². The molecule has 0 spiro atoms. The predicted octanol–water partition coefficient (Wildman–Crippen LogP) is -2.01. The fourth-order valence-electron chi connectivity index (χ4n) is 0.339. The summed E-state index contributed by atoms with van der Waals surface area (Å²) in [6, 6.07) is 0. The van der Waals surface area contributed by atoms with E-state index in [4.69, 9.17) is 0 Å². The summed E-state index contributed by atoms with van der Waals surface area (Å²) in [5, 5.41) is 5.68. The molecule has 0 saturated carbocycles. The van der Waals surface area contributed by atoms with Crippen molar-refractivity contribution in [2.24, 2.45) is 0 Å². The molecule has 0 fully saturated rings. The predicted molar refractivity (Wildman–Crippen MR) is 58.3 cm³/mol. The maximum atomic E-state index is 4.65. The summed E-state index contributed by atoms with van der Waals surface area (Å²) < 4.78 is 0.985. The molecule has 0 aromatic heterocycles. The first-order valence-electron chi connectivity index (χ1n) is 2.56. The second kappa shape index (κ2) is 9.51. The quantitative estimate of drug-likeness (QED) is 0.156. The van der Waals surface area contributed by atoms with Crippen LogP contribution in [0.25, 0.3) is 0 Å².